The first-order valence-electron chi connectivity index (χ1n) is 16.0. The van der Waals surface area contributed by atoms with Crippen LogP contribution in [0.15, 0.2) is 49.1 Å². The normalized spacial score (nSPS) is 19.1. The van der Waals surface area contributed by atoms with Gasteiger partial charge in [0, 0.05) is 49.4 Å². The molecule has 6 rings (SSSR count). The van der Waals surface area contributed by atoms with Gasteiger partial charge < -0.3 is 19.4 Å². The van der Waals surface area contributed by atoms with E-state index in [0.717, 1.165) is 43.1 Å². The van der Waals surface area contributed by atoms with Gasteiger partial charge in [0.15, 0.2) is 0 Å². The first-order chi connectivity index (χ1) is 21.9. The fourth-order valence-corrected chi connectivity index (χ4v) is 7.35. The summed E-state index contributed by atoms with van der Waals surface area (Å²) in [6.07, 6.45) is 4.49. The molecule has 9 heteroatoms. The number of nitrogens with zero attached hydrogens (tertiary/aromatic N) is 7. The summed E-state index contributed by atoms with van der Waals surface area (Å²) >= 11 is 0. The number of anilines is 2. The molecule has 2 saturated heterocycles. The van der Waals surface area contributed by atoms with Crippen LogP contribution in [-0.4, -0.2) is 78.7 Å². The number of ether oxygens (including phenoxy) is 1. The van der Waals surface area contributed by atoms with Gasteiger partial charge in [0.25, 0.3) is 0 Å². The van der Waals surface area contributed by atoms with E-state index in [1.807, 2.05) is 6.92 Å². The lowest BCUT2D eigenvalue weighted by molar-refractivity contribution is -0.128. The number of likely N-dealkylation sites (tertiary alicyclic amines) is 1. The van der Waals surface area contributed by atoms with Gasteiger partial charge in [0.2, 0.25) is 11.8 Å². The van der Waals surface area contributed by atoms with Gasteiger partial charge >= 0.3 is 0 Å². The van der Waals surface area contributed by atoms with Gasteiger partial charge in [-0.2, -0.15) is 10.5 Å². The summed E-state index contributed by atoms with van der Waals surface area (Å²) in [6, 6.07) is 17.3. The minimum Gasteiger partial charge on any atom is -0.472 e. The van der Waals surface area contributed by atoms with Crippen molar-refractivity contribution in [1.29, 1.82) is 10.5 Å². The van der Waals surface area contributed by atoms with Crippen molar-refractivity contribution in [1.82, 2.24) is 14.8 Å². The molecule has 0 saturated carbocycles. The quantitative estimate of drug-likeness (QED) is 0.333. The fraction of sp³-hybridized carbons (Fsp3) is 0.444. The van der Waals surface area contributed by atoms with Crippen LogP contribution in [0, 0.1) is 29.6 Å². The maximum Gasteiger partial charge on any atom is 0.246 e. The summed E-state index contributed by atoms with van der Waals surface area (Å²) in [7, 11) is 0. The van der Waals surface area contributed by atoms with Gasteiger partial charge in [-0.25, -0.2) is 4.98 Å². The molecule has 4 heterocycles. The first kappa shape index (κ1) is 30.4. The van der Waals surface area contributed by atoms with Crippen LogP contribution in [0.25, 0.3) is 10.8 Å². The van der Waals surface area contributed by atoms with Gasteiger partial charge in [-0.1, -0.05) is 36.9 Å². The van der Waals surface area contributed by atoms with Crippen molar-refractivity contribution >= 4 is 28.1 Å². The summed E-state index contributed by atoms with van der Waals surface area (Å²) in [5.41, 5.74) is 5.66. The Kier molecular flexibility index (Phi) is 8.91. The fourth-order valence-electron chi connectivity index (χ4n) is 7.35. The number of aromatic nitrogens is 1. The van der Waals surface area contributed by atoms with Crippen molar-refractivity contribution < 1.29 is 9.53 Å². The highest BCUT2D eigenvalue weighted by molar-refractivity contribution is 5.97. The lowest BCUT2D eigenvalue weighted by atomic mass is 9.95. The Hall–Kier alpha value is -4.60. The topological polar surface area (TPSA) is 99.7 Å². The zero-order chi connectivity index (χ0) is 31.5. The maximum absolute atomic E-state index is 12.6. The third kappa shape index (κ3) is 6.06. The number of carbonyl (C=O) groups is 1. The molecule has 2 fully saturated rings. The molecule has 3 aliphatic heterocycles. The molecule has 232 valence electrons. The van der Waals surface area contributed by atoms with Gasteiger partial charge in [0.05, 0.1) is 36.5 Å². The van der Waals surface area contributed by atoms with Crippen molar-refractivity contribution in [3.8, 4) is 18.0 Å². The second kappa shape index (κ2) is 13.2. The minimum atomic E-state index is -0.304. The SMILES string of the molecule is C=CC(=O)N1CCN(c2c(C#N)c(OC(C)CN3CCCC3)nc3c2CCN(c2cccc4cccc(C)c24)C3)C[C@@H]1CC#N. The molecule has 0 aliphatic carbocycles. The van der Waals surface area contributed by atoms with Crippen molar-refractivity contribution in [2.75, 3.05) is 55.6 Å². The monoisotopic (exact) mass is 603 g/mol. The minimum absolute atomic E-state index is 0.137. The Morgan fingerprint density at radius 1 is 1.11 bits per heavy atom. The Morgan fingerprint density at radius 2 is 1.89 bits per heavy atom. The molecule has 45 heavy (non-hydrogen) atoms. The van der Waals surface area contributed by atoms with Crippen LogP contribution in [-0.2, 0) is 17.8 Å². The van der Waals surface area contributed by atoms with Crippen LogP contribution >= 0.6 is 0 Å². The van der Waals surface area contributed by atoms with Crippen molar-refractivity contribution in [2.24, 2.45) is 0 Å². The highest BCUT2D eigenvalue weighted by Gasteiger charge is 2.35. The number of benzene rings is 2. The van der Waals surface area contributed by atoms with Crippen LogP contribution in [0.4, 0.5) is 11.4 Å². The number of carbonyl (C=O) groups excluding carboxylic acids is 1. The van der Waals surface area contributed by atoms with E-state index in [1.54, 1.807) is 4.90 Å². The van der Waals surface area contributed by atoms with E-state index in [0.29, 0.717) is 44.0 Å². The molecule has 0 radical (unpaired) electrons. The van der Waals surface area contributed by atoms with Gasteiger partial charge in [-0.15, -0.1) is 0 Å². The molecule has 2 atom stereocenters. The molecular weight excluding hydrogens is 562 g/mol. The van der Waals surface area contributed by atoms with Crippen LogP contribution in [0.5, 0.6) is 5.88 Å². The van der Waals surface area contributed by atoms with E-state index in [2.05, 4.69) is 76.7 Å². The third-order valence-corrected chi connectivity index (χ3v) is 9.45. The molecule has 0 spiro atoms. The zero-order valence-corrected chi connectivity index (χ0v) is 26.3. The number of hydrogen-bond acceptors (Lipinski definition) is 8. The molecule has 0 N–H and O–H groups in total. The van der Waals surface area contributed by atoms with Gasteiger partial charge in [-0.3, -0.25) is 9.69 Å². The predicted octanol–water partition coefficient (Wildman–Crippen LogP) is 4.96. The van der Waals surface area contributed by atoms with Gasteiger partial charge in [-0.05, 0) is 69.3 Å². The molecule has 1 unspecified atom stereocenters. The lowest BCUT2D eigenvalue weighted by Gasteiger charge is -2.43. The van der Waals surface area contributed by atoms with E-state index in [9.17, 15) is 15.3 Å². The van der Waals surface area contributed by atoms with Crippen LogP contribution < -0.4 is 14.5 Å². The highest BCUT2D eigenvalue weighted by Crippen LogP contribution is 2.40. The maximum atomic E-state index is 12.6. The Labute approximate surface area is 265 Å². The number of rotatable bonds is 8. The molecule has 0 bridgehead atoms. The third-order valence-electron chi connectivity index (χ3n) is 9.45. The number of hydrogen-bond donors (Lipinski definition) is 0. The highest BCUT2D eigenvalue weighted by atomic mass is 16.5. The average molecular weight is 604 g/mol. The Morgan fingerprint density at radius 3 is 2.62 bits per heavy atom. The van der Waals surface area contributed by atoms with E-state index < -0.39 is 0 Å². The summed E-state index contributed by atoms with van der Waals surface area (Å²) in [5, 5.41) is 22.7. The van der Waals surface area contributed by atoms with E-state index in [1.165, 1.54) is 40.9 Å². The number of aryl methyl sites for hydroxylation is 1. The summed E-state index contributed by atoms with van der Waals surface area (Å²) in [4.78, 5) is 26.4. The molecule has 9 nitrogen and oxygen atoms in total. The average Bonchev–Trinajstić information content (AvgIpc) is 3.56. The Bertz CT molecular complexity index is 1680. The molecule has 1 aromatic heterocycles. The molecule has 3 aromatic rings. The van der Waals surface area contributed by atoms with Crippen LogP contribution in [0.2, 0.25) is 0 Å². The van der Waals surface area contributed by atoms with Crippen LogP contribution in [0.3, 0.4) is 0 Å². The van der Waals surface area contributed by atoms with Crippen molar-refractivity contribution in [2.45, 2.75) is 58.2 Å². The summed E-state index contributed by atoms with van der Waals surface area (Å²) < 4.78 is 6.53. The van der Waals surface area contributed by atoms with E-state index in [4.69, 9.17) is 9.72 Å². The number of amides is 1. The first-order valence-corrected chi connectivity index (χ1v) is 16.0. The second-order valence-corrected chi connectivity index (χ2v) is 12.4. The zero-order valence-electron chi connectivity index (χ0n) is 26.3. The van der Waals surface area contributed by atoms with E-state index >= 15 is 0 Å². The molecule has 2 aromatic carbocycles. The molecule has 1 amide bonds. The standard InChI is InChI=1S/C36H41N7O2/c1-4-33(44)43-20-19-42(23-28(43)13-15-37)35-29-14-18-41(32-12-8-11-27-10-7-9-25(2)34(27)32)24-31(29)39-36(30(35)21-38)45-26(3)22-40-16-5-6-17-40/h4,7-12,26,28H,1,5-6,13-14,16-20,22-24H2,2-3H3/t26?,28-/m0/s1. The summed E-state index contributed by atoms with van der Waals surface area (Å²) in [5.74, 6) is 0.197. The number of fused-ring (bicyclic) bond motifs is 2. The van der Waals surface area contributed by atoms with Crippen LogP contribution in [0.1, 0.15) is 48.6 Å². The lowest BCUT2D eigenvalue weighted by Crippen LogP contribution is -2.55. The number of pyridine rings is 1. The van der Waals surface area contributed by atoms with Gasteiger partial charge in [0.1, 0.15) is 17.7 Å². The smallest absolute Gasteiger partial charge is 0.246 e. The molecule has 3 aliphatic rings. The second-order valence-electron chi connectivity index (χ2n) is 12.4. The number of nitriles is 2. The Balaban J connectivity index is 1.40. The summed E-state index contributed by atoms with van der Waals surface area (Å²) in [6.45, 7) is 13.6. The largest absolute Gasteiger partial charge is 0.472 e. The molecular formula is C36H41N7O2. The van der Waals surface area contributed by atoms with E-state index in [-0.39, 0.29) is 24.5 Å². The predicted molar refractivity (Wildman–Crippen MR) is 176 cm³/mol. The van der Waals surface area contributed by atoms with Crippen molar-refractivity contribution in [3.05, 3.63) is 71.4 Å². The van der Waals surface area contributed by atoms with Crippen molar-refractivity contribution in [3.63, 3.8) is 0 Å². The number of piperazine rings is 1.